The Morgan fingerprint density at radius 2 is 1.78 bits per heavy atom. The van der Waals surface area contributed by atoms with Gasteiger partial charge in [0.1, 0.15) is 17.7 Å². The number of carbonyl (C=O) groups excluding carboxylic acids is 3. The number of hydrogen-bond acceptors (Lipinski definition) is 5. The molecular weight excluding hydrogens is 408 g/mol. The average molecular weight is 447 g/mol. The van der Waals surface area contributed by atoms with Crippen molar-refractivity contribution >= 4 is 29.3 Å². The summed E-state index contributed by atoms with van der Waals surface area (Å²) in [7, 11) is 0. The predicted molar refractivity (Wildman–Crippen MR) is 127 cm³/mol. The lowest BCUT2D eigenvalue weighted by Gasteiger charge is -2.24. The van der Waals surface area contributed by atoms with E-state index in [2.05, 4.69) is 20.9 Å². The van der Waals surface area contributed by atoms with E-state index in [0.29, 0.717) is 12.1 Å². The van der Waals surface area contributed by atoms with Crippen molar-refractivity contribution in [2.24, 2.45) is 0 Å². The average Bonchev–Trinajstić information content (AvgIpc) is 3.24. The highest BCUT2D eigenvalue weighted by molar-refractivity contribution is 5.98. The topological polar surface area (TPSA) is 99.8 Å². The summed E-state index contributed by atoms with van der Waals surface area (Å²) in [5.41, 5.74) is 1.13. The molecule has 1 aromatic rings. The Morgan fingerprint density at radius 3 is 2.41 bits per heavy atom. The van der Waals surface area contributed by atoms with Gasteiger partial charge < -0.3 is 25.6 Å². The first kappa shape index (κ1) is 25.5. The van der Waals surface area contributed by atoms with Gasteiger partial charge in [0.25, 0.3) is 0 Å². The van der Waals surface area contributed by atoms with Crippen LogP contribution in [0.2, 0.25) is 0 Å². The lowest BCUT2D eigenvalue weighted by atomic mass is 10.1. The maximum Gasteiger partial charge on any atom is 0.408 e. The van der Waals surface area contributed by atoms with E-state index in [9.17, 15) is 14.4 Å². The minimum atomic E-state index is -0.833. The SMILES string of the molecule is CCCCC(NC(=O)C(C)NC(=O)OC(C)(C)C)C(=O)Nc1cccc(N2CCCC2)c1. The predicted octanol–water partition coefficient (Wildman–Crippen LogP) is 3.81. The van der Waals surface area contributed by atoms with Crippen LogP contribution in [0.25, 0.3) is 0 Å². The summed E-state index contributed by atoms with van der Waals surface area (Å²) in [5.74, 6) is -0.701. The van der Waals surface area contributed by atoms with Crippen molar-refractivity contribution in [3.8, 4) is 0 Å². The van der Waals surface area contributed by atoms with Crippen LogP contribution >= 0.6 is 0 Å². The van der Waals surface area contributed by atoms with Crippen LogP contribution in [0.3, 0.4) is 0 Å². The monoisotopic (exact) mass is 446 g/mol. The molecule has 2 unspecified atom stereocenters. The number of anilines is 2. The number of carbonyl (C=O) groups is 3. The van der Waals surface area contributed by atoms with Gasteiger partial charge in [-0.15, -0.1) is 0 Å². The molecule has 178 valence electrons. The highest BCUT2D eigenvalue weighted by Gasteiger charge is 2.26. The van der Waals surface area contributed by atoms with Crippen LogP contribution in [0.4, 0.5) is 16.2 Å². The van der Waals surface area contributed by atoms with Crippen molar-refractivity contribution in [2.75, 3.05) is 23.3 Å². The lowest BCUT2D eigenvalue weighted by Crippen LogP contribution is -2.52. The molecule has 0 aliphatic carbocycles. The third-order valence-corrected chi connectivity index (χ3v) is 5.19. The van der Waals surface area contributed by atoms with Crippen LogP contribution in [0.15, 0.2) is 24.3 Å². The molecule has 3 amide bonds. The number of benzene rings is 1. The van der Waals surface area contributed by atoms with E-state index in [0.717, 1.165) is 31.6 Å². The second-order valence-electron chi connectivity index (χ2n) is 9.31. The molecule has 3 N–H and O–H groups in total. The van der Waals surface area contributed by atoms with Crippen molar-refractivity contribution in [1.82, 2.24) is 10.6 Å². The number of ether oxygens (including phenoxy) is 1. The summed E-state index contributed by atoms with van der Waals surface area (Å²) >= 11 is 0. The minimum Gasteiger partial charge on any atom is -0.444 e. The fourth-order valence-corrected chi connectivity index (χ4v) is 3.51. The van der Waals surface area contributed by atoms with Gasteiger partial charge in [-0.2, -0.15) is 0 Å². The third kappa shape index (κ3) is 8.40. The summed E-state index contributed by atoms with van der Waals surface area (Å²) in [4.78, 5) is 39.9. The minimum absolute atomic E-state index is 0.269. The fourth-order valence-electron chi connectivity index (χ4n) is 3.51. The molecule has 0 spiro atoms. The number of nitrogens with zero attached hydrogens (tertiary/aromatic N) is 1. The molecule has 2 rings (SSSR count). The molecule has 8 heteroatoms. The Kier molecular flexibility index (Phi) is 9.35. The quantitative estimate of drug-likeness (QED) is 0.536. The normalized spacial score (nSPS) is 15.6. The summed E-state index contributed by atoms with van der Waals surface area (Å²) in [6, 6.07) is 6.26. The highest BCUT2D eigenvalue weighted by Crippen LogP contribution is 2.23. The van der Waals surface area contributed by atoms with E-state index in [4.69, 9.17) is 4.74 Å². The molecule has 0 bridgehead atoms. The van der Waals surface area contributed by atoms with Crippen LogP contribution in [0.1, 0.15) is 66.7 Å². The van der Waals surface area contributed by atoms with Crippen molar-refractivity contribution in [1.29, 1.82) is 0 Å². The van der Waals surface area contributed by atoms with Crippen LogP contribution in [-0.4, -0.2) is 48.7 Å². The van der Waals surface area contributed by atoms with E-state index in [1.54, 1.807) is 27.7 Å². The molecule has 1 aliphatic heterocycles. The Bertz CT molecular complexity index is 784. The van der Waals surface area contributed by atoms with Gasteiger partial charge in [-0.1, -0.05) is 25.8 Å². The molecule has 32 heavy (non-hydrogen) atoms. The number of alkyl carbamates (subject to hydrolysis) is 1. The van der Waals surface area contributed by atoms with E-state index >= 15 is 0 Å². The zero-order valence-corrected chi connectivity index (χ0v) is 20.0. The molecule has 1 aromatic carbocycles. The van der Waals surface area contributed by atoms with Crippen LogP contribution in [-0.2, 0) is 14.3 Å². The summed E-state index contributed by atoms with van der Waals surface area (Å²) in [5, 5.41) is 8.23. The lowest BCUT2D eigenvalue weighted by molar-refractivity contribution is -0.127. The standard InChI is InChI=1S/C24H38N4O4/c1-6-7-13-20(27-21(29)17(2)25-23(31)32-24(3,4)5)22(30)26-18-11-10-12-19(16-18)28-14-8-9-15-28/h10-12,16-17,20H,6-9,13-15H2,1-5H3,(H,25,31)(H,26,30)(H,27,29). The maximum absolute atomic E-state index is 13.0. The Morgan fingerprint density at radius 1 is 1.09 bits per heavy atom. The van der Waals surface area contributed by atoms with Gasteiger partial charge in [0, 0.05) is 24.5 Å². The Labute approximate surface area is 191 Å². The summed E-state index contributed by atoms with van der Waals surface area (Å²) < 4.78 is 5.19. The van der Waals surface area contributed by atoms with Crippen molar-refractivity contribution < 1.29 is 19.1 Å². The summed E-state index contributed by atoms with van der Waals surface area (Å²) in [6.07, 6.45) is 3.89. The maximum atomic E-state index is 13.0. The van der Waals surface area contributed by atoms with Gasteiger partial charge in [0.2, 0.25) is 11.8 Å². The molecule has 1 heterocycles. The Balaban J connectivity index is 1.99. The van der Waals surface area contributed by atoms with Crippen molar-refractivity contribution in [2.45, 2.75) is 84.4 Å². The molecule has 8 nitrogen and oxygen atoms in total. The van der Waals surface area contributed by atoms with E-state index in [1.165, 1.54) is 12.8 Å². The van der Waals surface area contributed by atoms with E-state index in [1.807, 2.05) is 31.2 Å². The number of amides is 3. The number of rotatable bonds is 9. The van der Waals surface area contributed by atoms with Gasteiger partial charge in [0.05, 0.1) is 0 Å². The Hall–Kier alpha value is -2.77. The molecule has 0 saturated carbocycles. The van der Waals surface area contributed by atoms with Gasteiger partial charge >= 0.3 is 6.09 Å². The first-order chi connectivity index (χ1) is 15.1. The van der Waals surface area contributed by atoms with E-state index in [-0.39, 0.29) is 5.91 Å². The summed E-state index contributed by atoms with van der Waals surface area (Å²) in [6.45, 7) is 10.9. The first-order valence-corrected chi connectivity index (χ1v) is 11.5. The second-order valence-corrected chi connectivity index (χ2v) is 9.31. The van der Waals surface area contributed by atoms with E-state index < -0.39 is 29.7 Å². The van der Waals surface area contributed by atoms with Crippen LogP contribution in [0, 0.1) is 0 Å². The third-order valence-electron chi connectivity index (χ3n) is 5.19. The number of hydrogen-bond donors (Lipinski definition) is 3. The van der Waals surface area contributed by atoms with Gasteiger partial charge in [0.15, 0.2) is 0 Å². The zero-order chi connectivity index (χ0) is 23.7. The van der Waals surface area contributed by atoms with Crippen molar-refractivity contribution in [3.63, 3.8) is 0 Å². The number of unbranched alkanes of at least 4 members (excludes halogenated alkanes) is 1. The molecular formula is C24H38N4O4. The molecule has 0 aromatic heterocycles. The van der Waals surface area contributed by atoms with Crippen LogP contribution in [0.5, 0.6) is 0 Å². The smallest absolute Gasteiger partial charge is 0.408 e. The molecule has 0 radical (unpaired) electrons. The second kappa shape index (κ2) is 11.7. The highest BCUT2D eigenvalue weighted by atomic mass is 16.6. The van der Waals surface area contributed by atoms with Gasteiger partial charge in [-0.25, -0.2) is 4.79 Å². The zero-order valence-electron chi connectivity index (χ0n) is 20.0. The van der Waals surface area contributed by atoms with Gasteiger partial charge in [-0.3, -0.25) is 9.59 Å². The van der Waals surface area contributed by atoms with Gasteiger partial charge in [-0.05, 0) is 65.2 Å². The largest absolute Gasteiger partial charge is 0.444 e. The molecule has 1 aliphatic rings. The molecule has 1 saturated heterocycles. The molecule has 2 atom stereocenters. The number of nitrogens with one attached hydrogen (secondary N) is 3. The first-order valence-electron chi connectivity index (χ1n) is 11.5. The van der Waals surface area contributed by atoms with Crippen molar-refractivity contribution in [3.05, 3.63) is 24.3 Å². The molecule has 1 fully saturated rings. The fraction of sp³-hybridized carbons (Fsp3) is 0.625. The van der Waals surface area contributed by atoms with Crippen LogP contribution < -0.4 is 20.9 Å².